The van der Waals surface area contributed by atoms with Gasteiger partial charge in [-0.15, -0.1) is 0 Å². The number of hydrogen-bond acceptors (Lipinski definition) is 2. The number of halogens is 3. The maximum Gasteiger partial charge on any atom is 0.312 e. The van der Waals surface area contributed by atoms with Crippen LogP contribution in [0.3, 0.4) is 0 Å². The third kappa shape index (κ3) is 4.08. The van der Waals surface area contributed by atoms with Gasteiger partial charge in [-0.2, -0.15) is 0 Å². The number of nitrogens with one attached hydrogen (secondary N) is 1. The highest BCUT2D eigenvalue weighted by molar-refractivity contribution is 5.93. The predicted molar refractivity (Wildman–Crippen MR) is 55.3 cm³/mol. The van der Waals surface area contributed by atoms with Crippen LogP contribution in [0.25, 0.3) is 0 Å². The Morgan fingerprint density at radius 1 is 1.17 bits per heavy atom. The van der Waals surface area contributed by atoms with Crippen LogP contribution in [-0.4, -0.2) is 23.5 Å². The maximum atomic E-state index is 13.2. The average Bonchev–Trinajstić information content (AvgIpc) is 2.20. The van der Waals surface area contributed by atoms with Crippen molar-refractivity contribution >= 4 is 11.9 Å². The molecule has 0 saturated carbocycles. The molecule has 0 radical (unpaired) electrons. The molecule has 1 rings (SSSR count). The minimum absolute atomic E-state index is 0.133. The van der Waals surface area contributed by atoms with Crippen LogP contribution in [0.15, 0.2) is 12.1 Å². The molecule has 0 aliphatic rings. The summed E-state index contributed by atoms with van der Waals surface area (Å²) in [5.41, 5.74) is -0.355. The fourth-order valence-corrected chi connectivity index (χ4v) is 1.34. The molecule has 1 amide bonds. The lowest BCUT2D eigenvalue weighted by molar-refractivity contribution is -0.140. The van der Waals surface area contributed by atoms with Crippen LogP contribution in [0.2, 0.25) is 0 Å². The Hall–Kier alpha value is -2.05. The smallest absolute Gasteiger partial charge is 0.312 e. The number of hydrogen-bond donors (Lipinski definition) is 2. The number of aliphatic carboxylic acids is 1. The molecule has 0 aliphatic carbocycles. The van der Waals surface area contributed by atoms with Crippen molar-refractivity contribution in [3.8, 4) is 0 Å². The van der Waals surface area contributed by atoms with E-state index in [2.05, 4.69) is 5.32 Å². The zero-order valence-corrected chi connectivity index (χ0v) is 9.17. The lowest BCUT2D eigenvalue weighted by atomic mass is 10.1. The van der Waals surface area contributed by atoms with Gasteiger partial charge in [0.15, 0.2) is 0 Å². The van der Waals surface area contributed by atoms with E-state index in [4.69, 9.17) is 5.11 Å². The van der Waals surface area contributed by atoms with Gasteiger partial charge >= 0.3 is 5.97 Å². The largest absolute Gasteiger partial charge is 0.481 e. The monoisotopic (exact) mass is 261 g/mol. The molecular formula is C11H10F3NO3. The Bertz CT molecular complexity index is 454. The molecule has 18 heavy (non-hydrogen) atoms. The van der Waals surface area contributed by atoms with Gasteiger partial charge in [0, 0.05) is 24.2 Å². The van der Waals surface area contributed by atoms with Gasteiger partial charge in [-0.25, -0.2) is 13.2 Å². The van der Waals surface area contributed by atoms with Crippen molar-refractivity contribution in [3.63, 3.8) is 0 Å². The summed E-state index contributed by atoms with van der Waals surface area (Å²) in [5.74, 6) is -5.17. The van der Waals surface area contributed by atoms with Crippen molar-refractivity contribution in [2.45, 2.75) is 12.8 Å². The molecular weight excluding hydrogens is 251 g/mol. The van der Waals surface area contributed by atoms with E-state index in [-0.39, 0.29) is 18.5 Å². The van der Waals surface area contributed by atoms with E-state index >= 15 is 0 Å². The molecule has 0 unspecified atom stereocenters. The normalized spacial score (nSPS) is 10.2. The van der Waals surface area contributed by atoms with Gasteiger partial charge in [0.05, 0.1) is 0 Å². The Morgan fingerprint density at radius 2 is 1.72 bits per heavy atom. The molecule has 4 nitrogen and oxygen atoms in total. The van der Waals surface area contributed by atoms with Gasteiger partial charge in [0.25, 0.3) is 0 Å². The number of benzene rings is 1. The van der Waals surface area contributed by atoms with Gasteiger partial charge in [0.1, 0.15) is 23.9 Å². The van der Waals surface area contributed by atoms with Crippen LogP contribution in [0.5, 0.6) is 0 Å². The highest BCUT2D eigenvalue weighted by Gasteiger charge is 2.12. The third-order valence-corrected chi connectivity index (χ3v) is 2.11. The van der Waals surface area contributed by atoms with E-state index in [0.29, 0.717) is 12.1 Å². The molecule has 0 aliphatic heterocycles. The summed E-state index contributed by atoms with van der Waals surface area (Å²) >= 11 is 0. The molecule has 0 fully saturated rings. The van der Waals surface area contributed by atoms with Crippen molar-refractivity contribution in [2.24, 2.45) is 0 Å². The molecule has 1 aromatic carbocycles. The van der Waals surface area contributed by atoms with Crippen LogP contribution in [0.1, 0.15) is 12.0 Å². The standard InChI is InChI=1S/C11H10F3NO3/c12-6-3-8(13)7(9(14)4-6)1-2-15-10(16)5-11(17)18/h3-4H,1-2,5H2,(H,15,16)(H,17,18). The zero-order chi connectivity index (χ0) is 13.7. The van der Waals surface area contributed by atoms with Gasteiger partial charge in [-0.3, -0.25) is 9.59 Å². The third-order valence-electron chi connectivity index (χ3n) is 2.11. The maximum absolute atomic E-state index is 13.2. The fourth-order valence-electron chi connectivity index (χ4n) is 1.34. The lowest BCUT2D eigenvalue weighted by Crippen LogP contribution is -2.28. The lowest BCUT2D eigenvalue weighted by Gasteiger charge is -2.06. The SMILES string of the molecule is O=C(O)CC(=O)NCCc1c(F)cc(F)cc1F. The van der Waals surface area contributed by atoms with Crippen molar-refractivity contribution < 1.29 is 27.9 Å². The second kappa shape index (κ2) is 6.04. The predicted octanol–water partition coefficient (Wildman–Crippen LogP) is 1.24. The summed E-state index contributed by atoms with van der Waals surface area (Å²) in [6.07, 6.45) is -0.905. The molecule has 1 aromatic rings. The van der Waals surface area contributed by atoms with E-state index in [0.717, 1.165) is 0 Å². The van der Waals surface area contributed by atoms with E-state index < -0.39 is 35.7 Å². The minimum atomic E-state index is -1.30. The molecule has 2 N–H and O–H groups in total. The van der Waals surface area contributed by atoms with E-state index in [9.17, 15) is 22.8 Å². The number of rotatable bonds is 5. The van der Waals surface area contributed by atoms with Gasteiger partial charge in [-0.1, -0.05) is 0 Å². The average molecular weight is 261 g/mol. The number of carboxylic acid groups (broad SMARTS) is 1. The van der Waals surface area contributed by atoms with E-state index in [1.54, 1.807) is 0 Å². The van der Waals surface area contributed by atoms with Crippen molar-refractivity contribution in [1.82, 2.24) is 5.32 Å². The zero-order valence-electron chi connectivity index (χ0n) is 9.17. The summed E-state index contributed by atoms with van der Waals surface area (Å²) in [4.78, 5) is 21.1. The Morgan fingerprint density at radius 3 is 2.22 bits per heavy atom. The van der Waals surface area contributed by atoms with Gasteiger partial charge < -0.3 is 10.4 Å². The van der Waals surface area contributed by atoms with Gasteiger partial charge in [0.2, 0.25) is 5.91 Å². The second-order valence-corrected chi connectivity index (χ2v) is 3.52. The van der Waals surface area contributed by atoms with Crippen LogP contribution in [0.4, 0.5) is 13.2 Å². The fraction of sp³-hybridized carbons (Fsp3) is 0.273. The Labute approximate surface area is 100 Å². The highest BCUT2D eigenvalue weighted by Crippen LogP contribution is 2.14. The Kier molecular flexibility index (Phi) is 4.70. The molecule has 7 heteroatoms. The summed E-state index contributed by atoms with van der Waals surface area (Å²) < 4.78 is 38.9. The van der Waals surface area contributed by atoms with Crippen LogP contribution in [-0.2, 0) is 16.0 Å². The first-order chi connectivity index (χ1) is 8.40. The van der Waals surface area contributed by atoms with Crippen molar-refractivity contribution in [3.05, 3.63) is 35.1 Å². The van der Waals surface area contributed by atoms with Crippen LogP contribution in [0, 0.1) is 17.5 Å². The Balaban J connectivity index is 2.54. The van der Waals surface area contributed by atoms with Crippen LogP contribution < -0.4 is 5.32 Å². The number of amides is 1. The highest BCUT2D eigenvalue weighted by atomic mass is 19.1. The molecule has 0 heterocycles. The minimum Gasteiger partial charge on any atom is -0.481 e. The number of carbonyl (C=O) groups is 2. The van der Waals surface area contributed by atoms with Gasteiger partial charge in [-0.05, 0) is 6.42 Å². The van der Waals surface area contributed by atoms with E-state index in [1.807, 2.05) is 0 Å². The summed E-state index contributed by atoms with van der Waals surface area (Å²) in [7, 11) is 0. The topological polar surface area (TPSA) is 66.4 Å². The first-order valence-corrected chi connectivity index (χ1v) is 5.02. The number of carboxylic acids is 1. The summed E-state index contributed by atoms with van der Waals surface area (Å²) in [6, 6.07) is 1.08. The van der Waals surface area contributed by atoms with Crippen molar-refractivity contribution in [2.75, 3.05) is 6.54 Å². The molecule has 0 bridgehead atoms. The van der Waals surface area contributed by atoms with Crippen molar-refractivity contribution in [1.29, 1.82) is 0 Å². The number of carbonyl (C=O) groups excluding carboxylic acids is 1. The quantitative estimate of drug-likeness (QED) is 0.783. The molecule has 0 aromatic heterocycles. The first-order valence-electron chi connectivity index (χ1n) is 5.02. The molecule has 98 valence electrons. The molecule has 0 spiro atoms. The molecule has 0 saturated heterocycles. The van der Waals surface area contributed by atoms with Crippen LogP contribution >= 0.6 is 0 Å². The first kappa shape index (κ1) is 14.0. The summed E-state index contributed by atoms with van der Waals surface area (Å²) in [6.45, 7) is -0.133. The van der Waals surface area contributed by atoms with E-state index in [1.165, 1.54) is 0 Å². The molecule has 0 atom stereocenters. The second-order valence-electron chi connectivity index (χ2n) is 3.52. The summed E-state index contributed by atoms with van der Waals surface area (Å²) in [5, 5.41) is 10.5.